The number of nitrogens with zero attached hydrogens (tertiary/aromatic N) is 2. The number of aryl methyl sites for hydroxylation is 1. The molecule has 41 heavy (non-hydrogen) atoms. The van der Waals surface area contributed by atoms with E-state index in [1.54, 1.807) is 19.2 Å². The Hall–Kier alpha value is -2.83. The number of amides is 2. The molecule has 220 valence electrons. The summed E-state index contributed by atoms with van der Waals surface area (Å²) in [4.78, 5) is 17.8. The van der Waals surface area contributed by atoms with Crippen LogP contribution in [0.25, 0.3) is 0 Å². The lowest BCUT2D eigenvalue weighted by Gasteiger charge is -2.21. The van der Waals surface area contributed by atoms with E-state index in [1.807, 2.05) is 19.1 Å². The summed E-state index contributed by atoms with van der Waals surface area (Å²) in [6, 6.07) is 10.4. The fourth-order valence-corrected chi connectivity index (χ4v) is 8.32. The maximum atomic E-state index is 14.6. The molecule has 2 amide bonds. The van der Waals surface area contributed by atoms with Gasteiger partial charge in [-0.3, -0.25) is 0 Å². The predicted octanol–water partition coefficient (Wildman–Crippen LogP) is 5.68. The first-order valence-electron chi connectivity index (χ1n) is 14.0. The first-order valence-corrected chi connectivity index (χ1v) is 16.3. The topological polar surface area (TPSA) is 133 Å². The molecule has 1 saturated carbocycles. The summed E-state index contributed by atoms with van der Waals surface area (Å²) in [5, 5.41) is 23.4. The fourth-order valence-electron chi connectivity index (χ4n) is 5.34. The third-order valence-corrected chi connectivity index (χ3v) is 11.8. The summed E-state index contributed by atoms with van der Waals surface area (Å²) >= 11 is 0.950. The molecular formula is C30H38N4O5S2. The van der Waals surface area contributed by atoms with Gasteiger partial charge in [0.15, 0.2) is 9.92 Å². The van der Waals surface area contributed by atoms with Crippen molar-refractivity contribution in [2.45, 2.75) is 74.6 Å². The van der Waals surface area contributed by atoms with Crippen LogP contribution in [0.15, 0.2) is 51.2 Å². The molecule has 1 unspecified atom stereocenters. The number of methoxy groups -OCH3 is 1. The number of thiazole rings is 1. The molecule has 1 aromatic heterocycles. The smallest absolute Gasteiger partial charge is 0.354 e. The Morgan fingerprint density at radius 3 is 2.61 bits per heavy atom. The highest BCUT2D eigenvalue weighted by Gasteiger charge is 2.33. The number of aliphatic hydroxyl groups excluding tert-OH is 1. The van der Waals surface area contributed by atoms with E-state index in [4.69, 9.17) is 4.74 Å². The average molecular weight is 599 g/mol. The second-order valence-electron chi connectivity index (χ2n) is 11.2. The molecule has 0 aliphatic heterocycles. The van der Waals surface area contributed by atoms with Gasteiger partial charge >= 0.3 is 6.03 Å². The van der Waals surface area contributed by atoms with E-state index in [-0.39, 0.29) is 9.22 Å². The van der Waals surface area contributed by atoms with E-state index >= 15 is 0 Å². The van der Waals surface area contributed by atoms with E-state index in [1.165, 1.54) is 31.5 Å². The number of nitrogens with one attached hydrogen (secondary N) is 2. The molecule has 2 aromatic carbocycles. The monoisotopic (exact) mass is 598 g/mol. The molecule has 1 heterocycles. The number of anilines is 1. The quantitative estimate of drug-likeness (QED) is 0.237. The van der Waals surface area contributed by atoms with Gasteiger partial charge < -0.3 is 20.3 Å². The van der Waals surface area contributed by atoms with Crippen LogP contribution in [-0.4, -0.2) is 39.2 Å². The first-order chi connectivity index (χ1) is 19.5. The Labute approximate surface area is 245 Å². The van der Waals surface area contributed by atoms with Crippen molar-refractivity contribution < 1.29 is 24.0 Å². The van der Waals surface area contributed by atoms with Gasteiger partial charge in [0.05, 0.1) is 19.9 Å². The summed E-state index contributed by atoms with van der Waals surface area (Å²) in [7, 11) is -1.97. The minimum atomic E-state index is -3.55. The molecule has 2 aliphatic rings. The van der Waals surface area contributed by atoms with E-state index in [0.29, 0.717) is 17.6 Å². The highest BCUT2D eigenvalue weighted by Crippen LogP contribution is 2.46. The molecular weight excluding hydrogens is 560 g/mol. The Bertz CT molecular complexity index is 1540. The Morgan fingerprint density at radius 1 is 1.22 bits per heavy atom. The van der Waals surface area contributed by atoms with Gasteiger partial charge in [0.1, 0.15) is 20.6 Å². The summed E-state index contributed by atoms with van der Waals surface area (Å²) in [6.07, 6.45) is 6.59. The third-order valence-electron chi connectivity index (χ3n) is 8.06. The van der Waals surface area contributed by atoms with Crippen LogP contribution in [0.5, 0.6) is 5.75 Å². The zero-order valence-electron chi connectivity index (χ0n) is 23.8. The van der Waals surface area contributed by atoms with Crippen LogP contribution in [0.2, 0.25) is 0 Å². The number of benzene rings is 2. The number of carbonyl (C=O) groups is 1. The molecule has 4 atom stereocenters. The normalized spacial score (nSPS) is 19.0. The van der Waals surface area contributed by atoms with Crippen molar-refractivity contribution >= 4 is 33.0 Å². The van der Waals surface area contributed by atoms with Gasteiger partial charge in [-0.2, -0.15) is 0 Å². The standard InChI is InChI=1S/C30H38N4O5S2/c1-18(20-8-9-20)24-15-12-22-6-5-7-25(22)27(24)32-29(36)34-41(38,26-16-31-28(40-26)30(3,37)17-35)33-19(2)21-10-13-23(39-4)14-11-21/h10-16,18-20,35,37H,5-9,17H2,1-4H3,(H2,32,33,34,36,38)/t18-,19+,30+,41?/m1/s1. The molecule has 0 bridgehead atoms. The average Bonchev–Trinajstić information content (AvgIpc) is 3.46. The predicted molar refractivity (Wildman–Crippen MR) is 161 cm³/mol. The SMILES string of the molecule is COc1ccc([C@H](C)NS(=O)(=NC(=O)Nc2c([C@H](C)C3CC3)ccc3c2CCC3)c2cnc([C@@](C)(O)CO)s2)cc1. The summed E-state index contributed by atoms with van der Waals surface area (Å²) in [5.74, 6) is 1.60. The second kappa shape index (κ2) is 11.8. The molecule has 2 aliphatic carbocycles. The number of rotatable bonds is 10. The van der Waals surface area contributed by atoms with Gasteiger partial charge in [0, 0.05) is 11.7 Å². The maximum Gasteiger partial charge on any atom is 0.354 e. The lowest BCUT2D eigenvalue weighted by Crippen LogP contribution is -2.28. The number of hydrogen-bond donors (Lipinski definition) is 4. The van der Waals surface area contributed by atoms with Crippen LogP contribution in [0.4, 0.5) is 10.5 Å². The zero-order valence-corrected chi connectivity index (χ0v) is 25.5. The molecule has 0 radical (unpaired) electrons. The van der Waals surface area contributed by atoms with Crippen LogP contribution in [0, 0.1) is 5.92 Å². The van der Waals surface area contributed by atoms with E-state index in [9.17, 15) is 19.2 Å². The molecule has 0 spiro atoms. The van der Waals surface area contributed by atoms with Crippen LogP contribution < -0.4 is 14.8 Å². The van der Waals surface area contributed by atoms with Crippen molar-refractivity contribution in [3.05, 3.63) is 69.9 Å². The van der Waals surface area contributed by atoms with Crippen molar-refractivity contribution in [2.24, 2.45) is 10.3 Å². The number of carbonyl (C=O) groups excluding carboxylic acids is 1. The van der Waals surface area contributed by atoms with Gasteiger partial charge in [-0.15, -0.1) is 15.7 Å². The molecule has 5 rings (SSSR count). The highest BCUT2D eigenvalue weighted by atomic mass is 32.2. The lowest BCUT2D eigenvalue weighted by atomic mass is 9.91. The third kappa shape index (κ3) is 6.34. The van der Waals surface area contributed by atoms with E-state index in [0.717, 1.165) is 53.0 Å². The molecule has 11 heteroatoms. The van der Waals surface area contributed by atoms with Crippen molar-refractivity contribution in [1.82, 2.24) is 9.71 Å². The molecule has 0 saturated heterocycles. The Morgan fingerprint density at radius 2 is 1.95 bits per heavy atom. The van der Waals surface area contributed by atoms with Crippen LogP contribution >= 0.6 is 11.3 Å². The molecule has 4 N–H and O–H groups in total. The Balaban J connectivity index is 1.52. The maximum absolute atomic E-state index is 14.6. The van der Waals surface area contributed by atoms with Crippen LogP contribution in [-0.2, 0) is 28.4 Å². The molecule has 9 nitrogen and oxygen atoms in total. The van der Waals surface area contributed by atoms with Crippen molar-refractivity contribution in [1.29, 1.82) is 0 Å². The van der Waals surface area contributed by atoms with Gasteiger partial charge in [0.2, 0.25) is 0 Å². The summed E-state index contributed by atoms with van der Waals surface area (Å²) in [5.41, 5.74) is 3.47. The second-order valence-corrected chi connectivity index (χ2v) is 14.4. The van der Waals surface area contributed by atoms with Crippen molar-refractivity contribution in [2.75, 3.05) is 19.0 Å². The van der Waals surface area contributed by atoms with E-state index < -0.39 is 34.2 Å². The summed E-state index contributed by atoms with van der Waals surface area (Å²) in [6.45, 7) is 4.90. The van der Waals surface area contributed by atoms with Gasteiger partial charge in [-0.25, -0.2) is 18.7 Å². The minimum absolute atomic E-state index is 0.179. The molecule has 1 fully saturated rings. The van der Waals surface area contributed by atoms with E-state index in [2.05, 4.69) is 38.4 Å². The molecule has 3 aromatic rings. The number of urea groups is 1. The van der Waals surface area contributed by atoms with Crippen LogP contribution in [0.3, 0.4) is 0 Å². The number of aliphatic hydroxyl groups is 2. The first kappa shape index (κ1) is 29.7. The Kier molecular flexibility index (Phi) is 8.54. The number of ether oxygens (including phenoxy) is 1. The minimum Gasteiger partial charge on any atom is -0.497 e. The number of aromatic nitrogens is 1. The number of hydrogen-bond acceptors (Lipinski definition) is 7. The van der Waals surface area contributed by atoms with Gasteiger partial charge in [0.25, 0.3) is 0 Å². The van der Waals surface area contributed by atoms with Crippen molar-refractivity contribution in [3.63, 3.8) is 0 Å². The summed E-state index contributed by atoms with van der Waals surface area (Å²) < 4.78 is 27.3. The van der Waals surface area contributed by atoms with Crippen LogP contribution in [0.1, 0.15) is 79.3 Å². The number of fused-ring (bicyclic) bond motifs is 1. The van der Waals surface area contributed by atoms with Gasteiger partial charge in [-0.1, -0.05) is 31.2 Å². The zero-order chi connectivity index (χ0) is 29.4. The fraction of sp³-hybridized carbons (Fsp3) is 0.467. The largest absolute Gasteiger partial charge is 0.497 e. The van der Waals surface area contributed by atoms with Gasteiger partial charge in [-0.05, 0) is 92.2 Å². The van der Waals surface area contributed by atoms with Crippen molar-refractivity contribution in [3.8, 4) is 5.75 Å². The highest BCUT2D eigenvalue weighted by molar-refractivity contribution is 7.94. The lowest BCUT2D eigenvalue weighted by molar-refractivity contribution is -0.00244.